The van der Waals surface area contributed by atoms with Crippen LogP contribution in [0.5, 0.6) is 0 Å². The minimum absolute atomic E-state index is 0.0568. The van der Waals surface area contributed by atoms with Crippen molar-refractivity contribution in [3.63, 3.8) is 0 Å². The molecule has 5 rings (SSSR count). The summed E-state index contributed by atoms with van der Waals surface area (Å²) in [5.74, 6) is -0.0568. The first kappa shape index (κ1) is 20.4. The Kier molecular flexibility index (Phi) is 5.91. The van der Waals surface area contributed by atoms with Gasteiger partial charge < -0.3 is 5.32 Å². The number of thiophene rings is 1. The number of aromatic nitrogens is 3. The molecule has 0 aliphatic heterocycles. The van der Waals surface area contributed by atoms with E-state index in [9.17, 15) is 4.79 Å². The van der Waals surface area contributed by atoms with Crippen molar-refractivity contribution >= 4 is 28.6 Å². The molecule has 5 aromatic rings. The Balaban J connectivity index is 1.32. The molecule has 158 valence electrons. The molecule has 0 unspecified atom stereocenters. The molecular weight excluding hydrogens is 436 g/mol. The molecule has 7 heteroatoms. The van der Waals surface area contributed by atoms with E-state index >= 15 is 0 Å². The molecule has 2 aromatic carbocycles. The van der Waals surface area contributed by atoms with Crippen LogP contribution in [0.15, 0.2) is 89.1 Å². The highest BCUT2D eigenvalue weighted by Gasteiger charge is 2.14. The lowest BCUT2D eigenvalue weighted by Crippen LogP contribution is -2.24. The van der Waals surface area contributed by atoms with E-state index < -0.39 is 0 Å². The van der Waals surface area contributed by atoms with Crippen LogP contribution in [-0.2, 0) is 17.8 Å². The number of amides is 1. The normalized spacial score (nSPS) is 10.9. The fourth-order valence-electron chi connectivity index (χ4n) is 3.42. The minimum Gasteiger partial charge on any atom is -0.352 e. The lowest BCUT2D eigenvalue weighted by atomic mass is 10.1. The number of nitrogens with zero attached hydrogens (tertiary/aromatic N) is 3. The van der Waals surface area contributed by atoms with Crippen molar-refractivity contribution in [2.24, 2.45) is 0 Å². The van der Waals surface area contributed by atoms with Gasteiger partial charge in [-0.2, -0.15) is 16.4 Å². The van der Waals surface area contributed by atoms with Crippen LogP contribution in [0.4, 0.5) is 0 Å². The van der Waals surface area contributed by atoms with Gasteiger partial charge in [0.2, 0.25) is 5.91 Å². The Morgan fingerprint density at radius 3 is 2.47 bits per heavy atom. The molecule has 0 fully saturated rings. The number of para-hydroxylation sites is 1. The molecule has 1 N–H and O–H groups in total. The molecule has 0 bridgehead atoms. The summed E-state index contributed by atoms with van der Waals surface area (Å²) >= 11 is 3.21. The largest absolute Gasteiger partial charge is 0.352 e. The zero-order chi connectivity index (χ0) is 21.8. The highest BCUT2D eigenvalue weighted by molar-refractivity contribution is 7.14. The third-order valence-electron chi connectivity index (χ3n) is 5.00. The van der Waals surface area contributed by atoms with E-state index in [4.69, 9.17) is 5.10 Å². The summed E-state index contributed by atoms with van der Waals surface area (Å²) in [6.07, 6.45) is 2.24. The SMILES string of the molecule is O=C(Cc1csc(-c2ccsc2)n1)NCc1cn(-c2ccccc2)nc1-c1ccccc1. The summed E-state index contributed by atoms with van der Waals surface area (Å²) < 4.78 is 1.86. The van der Waals surface area contributed by atoms with Crippen molar-refractivity contribution in [1.29, 1.82) is 0 Å². The number of rotatable bonds is 7. The number of hydrogen-bond donors (Lipinski definition) is 1. The Labute approximate surface area is 194 Å². The van der Waals surface area contributed by atoms with E-state index in [0.29, 0.717) is 6.54 Å². The molecule has 0 aliphatic rings. The fraction of sp³-hybridized carbons (Fsp3) is 0.0800. The van der Waals surface area contributed by atoms with Crippen LogP contribution >= 0.6 is 22.7 Å². The third-order valence-corrected chi connectivity index (χ3v) is 6.62. The van der Waals surface area contributed by atoms with Gasteiger partial charge in [-0.25, -0.2) is 9.67 Å². The smallest absolute Gasteiger partial charge is 0.226 e. The van der Waals surface area contributed by atoms with Gasteiger partial charge in [-0.1, -0.05) is 48.5 Å². The average molecular weight is 457 g/mol. The summed E-state index contributed by atoms with van der Waals surface area (Å²) in [6.45, 7) is 0.400. The number of benzene rings is 2. The highest BCUT2D eigenvalue weighted by atomic mass is 32.1. The zero-order valence-corrected chi connectivity index (χ0v) is 18.8. The molecule has 1 amide bonds. The van der Waals surface area contributed by atoms with Gasteiger partial charge in [0, 0.05) is 40.2 Å². The molecule has 0 saturated heterocycles. The van der Waals surface area contributed by atoms with Gasteiger partial charge in [-0.15, -0.1) is 11.3 Å². The number of hydrogen-bond acceptors (Lipinski definition) is 5. The second kappa shape index (κ2) is 9.30. The average Bonchev–Trinajstić information content (AvgIpc) is 3.59. The molecule has 3 heterocycles. The zero-order valence-electron chi connectivity index (χ0n) is 17.1. The Morgan fingerprint density at radius 1 is 0.938 bits per heavy atom. The molecule has 0 spiro atoms. The number of carbonyl (C=O) groups excluding carboxylic acids is 1. The number of thiazole rings is 1. The van der Waals surface area contributed by atoms with Crippen molar-refractivity contribution in [1.82, 2.24) is 20.1 Å². The summed E-state index contributed by atoms with van der Waals surface area (Å²) in [5, 5.41) is 14.8. The topological polar surface area (TPSA) is 59.8 Å². The van der Waals surface area contributed by atoms with Crippen LogP contribution in [0, 0.1) is 0 Å². The van der Waals surface area contributed by atoms with Gasteiger partial charge in [0.25, 0.3) is 0 Å². The summed E-state index contributed by atoms with van der Waals surface area (Å²) in [5.41, 5.74) is 5.72. The first-order chi connectivity index (χ1) is 15.8. The summed E-state index contributed by atoms with van der Waals surface area (Å²) in [6, 6.07) is 22.1. The van der Waals surface area contributed by atoms with Crippen molar-refractivity contribution in [3.8, 4) is 27.5 Å². The molecule has 0 radical (unpaired) electrons. The van der Waals surface area contributed by atoms with E-state index in [1.807, 2.05) is 88.4 Å². The van der Waals surface area contributed by atoms with Crippen molar-refractivity contribution < 1.29 is 4.79 Å². The Morgan fingerprint density at radius 2 is 1.72 bits per heavy atom. The van der Waals surface area contributed by atoms with Crippen LogP contribution in [0.2, 0.25) is 0 Å². The van der Waals surface area contributed by atoms with E-state index in [0.717, 1.165) is 38.8 Å². The second-order valence-electron chi connectivity index (χ2n) is 7.26. The maximum Gasteiger partial charge on any atom is 0.226 e. The molecule has 3 aromatic heterocycles. The highest BCUT2D eigenvalue weighted by Crippen LogP contribution is 2.26. The Bertz CT molecular complexity index is 1310. The number of carbonyl (C=O) groups is 1. The second-order valence-corrected chi connectivity index (χ2v) is 8.90. The van der Waals surface area contributed by atoms with Crippen molar-refractivity contribution in [2.75, 3.05) is 0 Å². The summed E-state index contributed by atoms with van der Waals surface area (Å²) in [7, 11) is 0. The maximum atomic E-state index is 12.6. The molecule has 32 heavy (non-hydrogen) atoms. The molecule has 0 atom stereocenters. The molecule has 0 aliphatic carbocycles. The van der Waals surface area contributed by atoms with E-state index in [2.05, 4.69) is 15.7 Å². The monoisotopic (exact) mass is 456 g/mol. The van der Waals surface area contributed by atoms with Gasteiger partial charge in [0.05, 0.1) is 23.5 Å². The molecule has 5 nitrogen and oxygen atoms in total. The lowest BCUT2D eigenvalue weighted by molar-refractivity contribution is -0.120. The fourth-order valence-corrected chi connectivity index (χ4v) is 4.95. The quantitative estimate of drug-likeness (QED) is 0.348. The van der Waals surface area contributed by atoms with Gasteiger partial charge >= 0.3 is 0 Å². The maximum absolute atomic E-state index is 12.6. The van der Waals surface area contributed by atoms with E-state index in [1.54, 1.807) is 22.7 Å². The van der Waals surface area contributed by atoms with Gasteiger partial charge in [0.15, 0.2) is 0 Å². The first-order valence-corrected chi connectivity index (χ1v) is 12.0. The van der Waals surface area contributed by atoms with Gasteiger partial charge in [0.1, 0.15) is 5.01 Å². The van der Waals surface area contributed by atoms with Crippen LogP contribution in [0.3, 0.4) is 0 Å². The van der Waals surface area contributed by atoms with E-state index in [-0.39, 0.29) is 12.3 Å². The van der Waals surface area contributed by atoms with E-state index in [1.165, 1.54) is 0 Å². The predicted molar refractivity (Wildman–Crippen MR) is 130 cm³/mol. The van der Waals surface area contributed by atoms with Crippen LogP contribution in [0.25, 0.3) is 27.5 Å². The lowest BCUT2D eigenvalue weighted by Gasteiger charge is -2.05. The Hall–Kier alpha value is -3.55. The van der Waals surface area contributed by atoms with Crippen LogP contribution < -0.4 is 5.32 Å². The van der Waals surface area contributed by atoms with Crippen molar-refractivity contribution in [2.45, 2.75) is 13.0 Å². The first-order valence-electron chi connectivity index (χ1n) is 10.2. The van der Waals surface area contributed by atoms with Crippen molar-refractivity contribution in [3.05, 3.63) is 100 Å². The molecule has 0 saturated carbocycles. The molecular formula is C25H20N4OS2. The van der Waals surface area contributed by atoms with Gasteiger partial charge in [-0.3, -0.25) is 4.79 Å². The van der Waals surface area contributed by atoms with Crippen LogP contribution in [0.1, 0.15) is 11.3 Å². The standard InChI is InChI=1S/C25H20N4OS2/c30-23(13-21-17-32-25(27-21)19-11-12-31-16-19)26-14-20-15-29(22-9-5-2-6-10-22)28-24(20)18-7-3-1-4-8-18/h1-12,15-17H,13-14H2,(H,26,30). The number of nitrogens with one attached hydrogen (secondary N) is 1. The third kappa shape index (κ3) is 4.54. The summed E-state index contributed by atoms with van der Waals surface area (Å²) in [4.78, 5) is 17.2. The van der Waals surface area contributed by atoms with Gasteiger partial charge in [-0.05, 0) is 23.6 Å². The van der Waals surface area contributed by atoms with Crippen LogP contribution in [-0.4, -0.2) is 20.7 Å². The predicted octanol–water partition coefficient (Wildman–Crippen LogP) is 5.58. The minimum atomic E-state index is -0.0568.